The first-order valence-electron chi connectivity index (χ1n) is 8.18. The molecule has 1 heterocycles. The van der Waals surface area contributed by atoms with Gasteiger partial charge in [-0.25, -0.2) is 4.39 Å². The second kappa shape index (κ2) is 6.08. The van der Waals surface area contributed by atoms with E-state index in [2.05, 4.69) is 20.8 Å². The number of carbonyl (C=O) groups excluding carboxylic acids is 1. The summed E-state index contributed by atoms with van der Waals surface area (Å²) in [6.45, 7) is 0. The highest BCUT2D eigenvalue weighted by molar-refractivity contribution is 7.15. The largest absolute Gasteiger partial charge is 0.353 e. The molecule has 1 aromatic carbocycles. The van der Waals surface area contributed by atoms with Crippen LogP contribution in [-0.2, 0) is 4.79 Å². The molecule has 0 spiro atoms. The van der Waals surface area contributed by atoms with Crippen molar-refractivity contribution in [1.82, 2.24) is 15.5 Å². The maximum atomic E-state index is 14.0. The zero-order valence-corrected chi connectivity index (χ0v) is 14.1. The Morgan fingerprint density at radius 1 is 1.24 bits per heavy atom. The summed E-state index contributed by atoms with van der Waals surface area (Å²) in [5, 5.41) is 23.7. The molecule has 0 saturated heterocycles. The topological polar surface area (TPSA) is 90.7 Å². The number of hydrogen-bond donors (Lipinski definition) is 2. The lowest BCUT2D eigenvalue weighted by Crippen LogP contribution is -2.38. The first-order valence-corrected chi connectivity index (χ1v) is 8.99. The third-order valence-corrected chi connectivity index (χ3v) is 5.47. The molecule has 8 heteroatoms. The third kappa shape index (κ3) is 3.07. The van der Waals surface area contributed by atoms with Crippen molar-refractivity contribution in [3.05, 3.63) is 40.4 Å². The van der Waals surface area contributed by atoms with Gasteiger partial charge in [0.05, 0.1) is 12.1 Å². The molecule has 128 valence electrons. The first-order chi connectivity index (χ1) is 12.1. The standard InChI is InChI=1S/C17H16FN5OS/c18-17(7-8-17)15(24)20-12-5-6-13(11-4-2-1-3-10(11)12)21-16-23-22-14(9-19)25-16/h1-4,12-13H,5-8H2,(H,20,24)(H,21,23). The number of alkyl halides is 1. The van der Waals surface area contributed by atoms with Crippen molar-refractivity contribution < 1.29 is 9.18 Å². The second-order valence-electron chi connectivity index (χ2n) is 6.42. The molecule has 2 aliphatic rings. The van der Waals surface area contributed by atoms with E-state index in [9.17, 15) is 9.18 Å². The van der Waals surface area contributed by atoms with E-state index in [4.69, 9.17) is 5.26 Å². The van der Waals surface area contributed by atoms with Gasteiger partial charge in [-0.3, -0.25) is 4.79 Å². The maximum Gasteiger partial charge on any atom is 0.258 e. The van der Waals surface area contributed by atoms with E-state index in [0.717, 1.165) is 17.5 Å². The number of benzene rings is 1. The summed E-state index contributed by atoms with van der Waals surface area (Å²) in [7, 11) is 0. The minimum Gasteiger partial charge on any atom is -0.353 e. The molecule has 0 bridgehead atoms. The molecule has 1 aromatic heterocycles. The van der Waals surface area contributed by atoms with Crippen molar-refractivity contribution in [2.75, 3.05) is 5.32 Å². The normalized spacial score (nSPS) is 23.2. The van der Waals surface area contributed by atoms with Gasteiger partial charge in [-0.1, -0.05) is 35.6 Å². The van der Waals surface area contributed by atoms with E-state index in [1.807, 2.05) is 30.3 Å². The molecule has 1 fully saturated rings. The molecule has 1 amide bonds. The van der Waals surface area contributed by atoms with Crippen molar-refractivity contribution in [3.63, 3.8) is 0 Å². The SMILES string of the molecule is N#Cc1nnc(NC2CCC(NC(=O)C3(F)CC3)c3ccccc32)s1. The second-order valence-corrected chi connectivity index (χ2v) is 7.40. The lowest BCUT2D eigenvalue weighted by molar-refractivity contribution is -0.128. The molecular formula is C17H16FN5OS. The van der Waals surface area contributed by atoms with Crippen LogP contribution in [0, 0.1) is 11.3 Å². The highest BCUT2D eigenvalue weighted by Crippen LogP contribution is 2.42. The minimum absolute atomic E-state index is 0.0177. The van der Waals surface area contributed by atoms with Gasteiger partial charge < -0.3 is 10.6 Å². The van der Waals surface area contributed by atoms with Gasteiger partial charge in [-0.2, -0.15) is 5.26 Å². The average Bonchev–Trinajstić information content (AvgIpc) is 3.22. The summed E-state index contributed by atoms with van der Waals surface area (Å²) in [6, 6.07) is 9.63. The Bertz CT molecular complexity index is 857. The highest BCUT2D eigenvalue weighted by atomic mass is 32.1. The predicted octanol–water partition coefficient (Wildman–Crippen LogP) is 3.02. The van der Waals surface area contributed by atoms with Crippen LogP contribution in [0.1, 0.15) is 53.9 Å². The number of hydrogen-bond acceptors (Lipinski definition) is 6. The molecule has 0 aliphatic heterocycles. The van der Waals surface area contributed by atoms with Crippen LogP contribution in [0.2, 0.25) is 0 Å². The van der Waals surface area contributed by atoms with Crippen LogP contribution in [0.4, 0.5) is 9.52 Å². The van der Waals surface area contributed by atoms with Crippen molar-refractivity contribution >= 4 is 22.4 Å². The summed E-state index contributed by atoms with van der Waals surface area (Å²) >= 11 is 1.21. The maximum absolute atomic E-state index is 14.0. The van der Waals surface area contributed by atoms with E-state index in [-0.39, 0.29) is 12.1 Å². The van der Waals surface area contributed by atoms with Crippen molar-refractivity contribution in [1.29, 1.82) is 5.26 Å². The molecule has 6 nitrogen and oxygen atoms in total. The van der Waals surface area contributed by atoms with Gasteiger partial charge in [0.1, 0.15) is 6.07 Å². The Kier molecular flexibility index (Phi) is 3.88. The van der Waals surface area contributed by atoms with Crippen LogP contribution in [-0.4, -0.2) is 21.8 Å². The van der Waals surface area contributed by atoms with Gasteiger partial charge in [0, 0.05) is 0 Å². The number of anilines is 1. The molecule has 2 N–H and O–H groups in total. The summed E-state index contributed by atoms with van der Waals surface area (Å²) in [6.07, 6.45) is 2.11. The summed E-state index contributed by atoms with van der Waals surface area (Å²) < 4.78 is 14.0. The van der Waals surface area contributed by atoms with Gasteiger partial charge in [-0.05, 0) is 36.8 Å². The van der Waals surface area contributed by atoms with Gasteiger partial charge in [0.15, 0.2) is 5.67 Å². The van der Waals surface area contributed by atoms with Gasteiger partial charge in [-0.15, -0.1) is 10.2 Å². The van der Waals surface area contributed by atoms with Crippen LogP contribution in [0.15, 0.2) is 24.3 Å². The lowest BCUT2D eigenvalue weighted by Gasteiger charge is -2.32. The highest BCUT2D eigenvalue weighted by Gasteiger charge is 2.51. The number of nitrogens with one attached hydrogen (secondary N) is 2. The number of carbonyl (C=O) groups is 1. The third-order valence-electron chi connectivity index (χ3n) is 4.71. The molecule has 25 heavy (non-hydrogen) atoms. The molecule has 2 unspecified atom stereocenters. The smallest absolute Gasteiger partial charge is 0.258 e. The predicted molar refractivity (Wildman–Crippen MR) is 90.6 cm³/mol. The fraction of sp³-hybridized carbons (Fsp3) is 0.412. The fourth-order valence-corrected chi connectivity index (χ4v) is 3.78. The van der Waals surface area contributed by atoms with Gasteiger partial charge in [0.2, 0.25) is 10.1 Å². The van der Waals surface area contributed by atoms with Crippen molar-refractivity contribution in [2.45, 2.75) is 43.4 Å². The van der Waals surface area contributed by atoms with Crippen LogP contribution >= 0.6 is 11.3 Å². The molecule has 0 radical (unpaired) electrons. The number of halogens is 1. The Labute approximate surface area is 148 Å². The van der Waals surface area contributed by atoms with Crippen molar-refractivity contribution in [3.8, 4) is 6.07 Å². The fourth-order valence-electron chi connectivity index (χ4n) is 3.19. The van der Waals surface area contributed by atoms with Gasteiger partial charge in [0.25, 0.3) is 5.91 Å². The van der Waals surface area contributed by atoms with E-state index >= 15 is 0 Å². The van der Waals surface area contributed by atoms with Gasteiger partial charge >= 0.3 is 0 Å². The number of nitriles is 1. The first kappa shape index (κ1) is 16.0. The summed E-state index contributed by atoms with van der Waals surface area (Å²) in [5.74, 6) is -0.499. The molecular weight excluding hydrogens is 341 g/mol. The lowest BCUT2D eigenvalue weighted by atomic mass is 9.84. The Morgan fingerprint density at radius 2 is 1.92 bits per heavy atom. The number of fused-ring (bicyclic) bond motifs is 1. The van der Waals surface area contributed by atoms with Crippen LogP contribution < -0.4 is 10.6 Å². The van der Waals surface area contributed by atoms with E-state index < -0.39 is 11.6 Å². The molecule has 2 aromatic rings. The quantitative estimate of drug-likeness (QED) is 0.878. The summed E-state index contributed by atoms with van der Waals surface area (Å²) in [4.78, 5) is 12.1. The van der Waals surface area contributed by atoms with E-state index in [1.165, 1.54) is 11.3 Å². The number of aromatic nitrogens is 2. The molecule has 1 saturated carbocycles. The average molecular weight is 357 g/mol. The number of rotatable bonds is 4. The van der Waals surface area contributed by atoms with Crippen LogP contribution in [0.5, 0.6) is 0 Å². The minimum atomic E-state index is -1.66. The molecule has 2 aliphatic carbocycles. The van der Waals surface area contributed by atoms with E-state index in [0.29, 0.717) is 29.4 Å². The number of amides is 1. The summed E-state index contributed by atoms with van der Waals surface area (Å²) in [5.41, 5.74) is 0.384. The zero-order valence-electron chi connectivity index (χ0n) is 13.3. The molecule has 4 rings (SSSR count). The van der Waals surface area contributed by atoms with Crippen LogP contribution in [0.25, 0.3) is 0 Å². The Hall–Kier alpha value is -2.53. The van der Waals surface area contributed by atoms with Crippen LogP contribution in [0.3, 0.4) is 0 Å². The zero-order chi connectivity index (χ0) is 17.4. The molecule has 2 atom stereocenters. The van der Waals surface area contributed by atoms with Crippen molar-refractivity contribution in [2.24, 2.45) is 0 Å². The number of nitrogens with zero attached hydrogens (tertiary/aromatic N) is 3. The Balaban J connectivity index is 1.54. The Morgan fingerprint density at radius 3 is 2.56 bits per heavy atom. The van der Waals surface area contributed by atoms with E-state index in [1.54, 1.807) is 0 Å². The monoisotopic (exact) mass is 357 g/mol.